The second-order valence-corrected chi connectivity index (χ2v) is 4.54. The summed E-state index contributed by atoms with van der Waals surface area (Å²) in [5.74, 6) is 5.25. The van der Waals surface area contributed by atoms with E-state index in [-0.39, 0.29) is 17.5 Å². The van der Waals surface area contributed by atoms with Gasteiger partial charge < -0.3 is 15.5 Å². The molecule has 0 spiro atoms. The number of nitrogens with one attached hydrogen (secondary N) is 1. The molecule has 20 heavy (non-hydrogen) atoms. The summed E-state index contributed by atoms with van der Waals surface area (Å²) in [7, 11) is 0. The van der Waals surface area contributed by atoms with E-state index in [9.17, 15) is 4.79 Å². The van der Waals surface area contributed by atoms with Crippen LogP contribution < -0.4 is 11.1 Å². The van der Waals surface area contributed by atoms with Gasteiger partial charge in [-0.2, -0.15) is 0 Å². The Hall–Kier alpha value is -1.93. The third-order valence-corrected chi connectivity index (χ3v) is 2.88. The van der Waals surface area contributed by atoms with Gasteiger partial charge in [0.2, 0.25) is 0 Å². The monoisotopic (exact) mass is 308 g/mol. The first-order valence-corrected chi connectivity index (χ1v) is 6.41. The fraction of sp³-hybridized carbons (Fsp3) is 0.0714. The van der Waals surface area contributed by atoms with E-state index in [4.69, 9.17) is 33.4 Å². The zero-order valence-electron chi connectivity index (χ0n) is 10.2. The van der Waals surface area contributed by atoms with E-state index in [2.05, 4.69) is 17.2 Å². The summed E-state index contributed by atoms with van der Waals surface area (Å²) in [6, 6.07) is 7.96. The van der Waals surface area contributed by atoms with Gasteiger partial charge in [0, 0.05) is 11.3 Å². The topological polar surface area (TPSA) is 68.3 Å². The highest BCUT2D eigenvalue weighted by Crippen LogP contribution is 2.21. The summed E-state index contributed by atoms with van der Waals surface area (Å²) in [6.45, 7) is 0.234. The second kappa shape index (κ2) is 6.49. The Labute approximate surface area is 125 Å². The van der Waals surface area contributed by atoms with Crippen molar-refractivity contribution in [2.24, 2.45) is 5.73 Å². The maximum atomic E-state index is 11.9. The van der Waals surface area contributed by atoms with E-state index in [0.29, 0.717) is 16.3 Å². The summed E-state index contributed by atoms with van der Waals surface area (Å²) in [4.78, 5) is 11.9. The third-order valence-electron chi connectivity index (χ3n) is 2.35. The molecule has 0 saturated carbocycles. The Morgan fingerprint density at radius 1 is 1.30 bits per heavy atom. The maximum absolute atomic E-state index is 11.9. The molecule has 4 nitrogen and oxygen atoms in total. The zero-order valence-corrected chi connectivity index (χ0v) is 11.8. The van der Waals surface area contributed by atoms with Crippen molar-refractivity contribution in [1.82, 2.24) is 0 Å². The molecule has 0 unspecified atom stereocenters. The first kappa shape index (κ1) is 14.5. The van der Waals surface area contributed by atoms with Crippen LogP contribution in [0.2, 0.25) is 10.2 Å². The number of furan rings is 1. The predicted molar refractivity (Wildman–Crippen MR) is 79.1 cm³/mol. The molecule has 0 radical (unpaired) electrons. The van der Waals surface area contributed by atoms with Gasteiger partial charge in [-0.25, -0.2) is 0 Å². The Balaban J connectivity index is 2.19. The minimum absolute atomic E-state index is 0.125. The van der Waals surface area contributed by atoms with Crippen molar-refractivity contribution < 1.29 is 9.21 Å². The SMILES string of the molecule is NCC#Cc1cc(NC(=O)c2ccc(Cl)o2)ccc1Cl. The van der Waals surface area contributed by atoms with Crippen molar-refractivity contribution in [2.45, 2.75) is 0 Å². The smallest absolute Gasteiger partial charge is 0.291 e. The molecule has 1 heterocycles. The van der Waals surface area contributed by atoms with E-state index < -0.39 is 5.91 Å². The van der Waals surface area contributed by atoms with Gasteiger partial charge in [-0.05, 0) is 41.9 Å². The van der Waals surface area contributed by atoms with Gasteiger partial charge >= 0.3 is 0 Å². The van der Waals surface area contributed by atoms with E-state index in [1.54, 1.807) is 18.2 Å². The molecule has 0 aliphatic rings. The van der Waals surface area contributed by atoms with Gasteiger partial charge in [-0.3, -0.25) is 4.79 Å². The lowest BCUT2D eigenvalue weighted by atomic mass is 10.2. The van der Waals surface area contributed by atoms with Crippen LogP contribution in [0.4, 0.5) is 5.69 Å². The van der Waals surface area contributed by atoms with Gasteiger partial charge in [0.1, 0.15) is 0 Å². The van der Waals surface area contributed by atoms with E-state index in [1.165, 1.54) is 12.1 Å². The molecule has 1 aromatic heterocycles. The summed E-state index contributed by atoms with van der Waals surface area (Å²) in [5.41, 5.74) is 6.45. The lowest BCUT2D eigenvalue weighted by Gasteiger charge is -2.04. The first-order valence-electron chi connectivity index (χ1n) is 5.65. The molecule has 0 aliphatic carbocycles. The number of carbonyl (C=O) groups is 1. The molecular formula is C14H10Cl2N2O2. The molecule has 0 saturated heterocycles. The summed E-state index contributed by atoms with van der Waals surface area (Å²) in [5, 5.41) is 3.31. The van der Waals surface area contributed by atoms with Crippen LogP contribution in [-0.2, 0) is 0 Å². The minimum atomic E-state index is -0.406. The Morgan fingerprint density at radius 3 is 2.75 bits per heavy atom. The standard InChI is InChI=1S/C14H10Cl2N2O2/c15-11-4-3-10(8-9(11)2-1-7-17)18-14(19)12-5-6-13(16)20-12/h3-6,8H,7,17H2,(H,18,19). The molecule has 6 heteroatoms. The van der Waals surface area contributed by atoms with Crippen molar-refractivity contribution in [3.63, 3.8) is 0 Å². The number of rotatable bonds is 2. The molecule has 0 fully saturated rings. The number of benzene rings is 1. The highest BCUT2D eigenvalue weighted by Gasteiger charge is 2.11. The third kappa shape index (κ3) is 3.55. The van der Waals surface area contributed by atoms with Crippen molar-refractivity contribution >= 4 is 34.8 Å². The average molecular weight is 309 g/mol. The molecule has 0 aliphatic heterocycles. The molecule has 0 atom stereocenters. The van der Waals surface area contributed by atoms with Crippen molar-refractivity contribution in [3.8, 4) is 11.8 Å². The van der Waals surface area contributed by atoms with E-state index >= 15 is 0 Å². The van der Waals surface area contributed by atoms with Crippen molar-refractivity contribution in [2.75, 3.05) is 11.9 Å². The fourth-order valence-electron chi connectivity index (χ4n) is 1.47. The highest BCUT2D eigenvalue weighted by molar-refractivity contribution is 6.32. The van der Waals surface area contributed by atoms with E-state index in [0.717, 1.165) is 0 Å². The predicted octanol–water partition coefficient (Wildman–Crippen LogP) is 3.15. The van der Waals surface area contributed by atoms with Crippen LogP contribution in [0.25, 0.3) is 0 Å². The van der Waals surface area contributed by atoms with Crippen LogP contribution in [0.3, 0.4) is 0 Å². The molecule has 1 aromatic carbocycles. The summed E-state index contributed by atoms with van der Waals surface area (Å²) < 4.78 is 5.02. The Bertz CT molecular complexity index is 699. The molecule has 102 valence electrons. The van der Waals surface area contributed by atoms with Crippen LogP contribution in [0.15, 0.2) is 34.7 Å². The molecule has 3 N–H and O–H groups in total. The highest BCUT2D eigenvalue weighted by atomic mass is 35.5. The van der Waals surface area contributed by atoms with Crippen molar-refractivity contribution in [3.05, 3.63) is 51.9 Å². The van der Waals surface area contributed by atoms with Crippen LogP contribution >= 0.6 is 23.2 Å². The molecule has 2 aromatic rings. The average Bonchev–Trinajstić information content (AvgIpc) is 2.86. The second-order valence-electron chi connectivity index (χ2n) is 3.76. The number of hydrogen-bond donors (Lipinski definition) is 2. The number of amides is 1. The number of anilines is 1. The number of carbonyl (C=O) groups excluding carboxylic acids is 1. The normalized spacial score (nSPS) is 9.75. The van der Waals surface area contributed by atoms with Crippen LogP contribution in [-0.4, -0.2) is 12.5 Å². The van der Waals surface area contributed by atoms with Crippen LogP contribution in [0.5, 0.6) is 0 Å². The minimum Gasteiger partial charge on any atom is -0.440 e. The first-order chi connectivity index (χ1) is 9.60. The number of hydrogen-bond acceptors (Lipinski definition) is 3. The van der Waals surface area contributed by atoms with Gasteiger partial charge in [0.05, 0.1) is 11.6 Å². The lowest BCUT2D eigenvalue weighted by molar-refractivity contribution is 0.0997. The Kier molecular flexibility index (Phi) is 4.70. The Morgan fingerprint density at radius 2 is 2.10 bits per heavy atom. The van der Waals surface area contributed by atoms with Gasteiger partial charge in [-0.15, -0.1) is 0 Å². The zero-order chi connectivity index (χ0) is 14.5. The van der Waals surface area contributed by atoms with Crippen molar-refractivity contribution in [1.29, 1.82) is 0 Å². The maximum Gasteiger partial charge on any atom is 0.291 e. The fourth-order valence-corrected chi connectivity index (χ4v) is 1.79. The molecular weight excluding hydrogens is 299 g/mol. The quantitative estimate of drug-likeness (QED) is 0.837. The summed E-state index contributed by atoms with van der Waals surface area (Å²) >= 11 is 11.6. The largest absolute Gasteiger partial charge is 0.440 e. The molecule has 0 bridgehead atoms. The molecule has 1 amide bonds. The van der Waals surface area contributed by atoms with Gasteiger partial charge in [-0.1, -0.05) is 23.4 Å². The van der Waals surface area contributed by atoms with Gasteiger partial charge in [0.15, 0.2) is 11.0 Å². The number of halogens is 2. The van der Waals surface area contributed by atoms with Gasteiger partial charge in [0.25, 0.3) is 5.91 Å². The lowest BCUT2D eigenvalue weighted by Crippen LogP contribution is -2.10. The van der Waals surface area contributed by atoms with Crippen LogP contribution in [0, 0.1) is 11.8 Å². The van der Waals surface area contributed by atoms with Crippen LogP contribution in [0.1, 0.15) is 16.1 Å². The number of nitrogens with two attached hydrogens (primary N) is 1. The summed E-state index contributed by atoms with van der Waals surface area (Å²) in [6.07, 6.45) is 0. The van der Waals surface area contributed by atoms with E-state index in [1.807, 2.05) is 0 Å². The molecule has 2 rings (SSSR count).